The van der Waals surface area contributed by atoms with E-state index in [1.807, 2.05) is 32.0 Å². The van der Waals surface area contributed by atoms with E-state index in [0.29, 0.717) is 28.6 Å². The maximum atomic E-state index is 12.6. The number of rotatable bonds is 5. The van der Waals surface area contributed by atoms with Gasteiger partial charge in [0.05, 0.1) is 21.8 Å². The van der Waals surface area contributed by atoms with Crippen LogP contribution in [0.1, 0.15) is 18.1 Å². The van der Waals surface area contributed by atoms with Crippen molar-refractivity contribution in [2.75, 3.05) is 11.9 Å². The summed E-state index contributed by atoms with van der Waals surface area (Å²) in [6.45, 7) is 4.14. The fraction of sp³-hybridized carbons (Fsp3) is 0.158. The van der Waals surface area contributed by atoms with Crippen LogP contribution >= 0.6 is 43.5 Å². The van der Waals surface area contributed by atoms with Gasteiger partial charge in [0, 0.05) is 10.0 Å². The zero-order chi connectivity index (χ0) is 19.3. The molecule has 0 bridgehead atoms. The molecule has 2 aromatic carbocycles. The number of hydrogen-bond donors (Lipinski definition) is 1. The molecule has 4 nitrogen and oxygen atoms in total. The molecule has 0 saturated heterocycles. The summed E-state index contributed by atoms with van der Waals surface area (Å²) in [6, 6.07) is 10.9. The van der Waals surface area contributed by atoms with Crippen molar-refractivity contribution in [3.8, 4) is 11.8 Å². The average Bonchev–Trinajstić information content (AvgIpc) is 2.58. The quantitative estimate of drug-likeness (QED) is 0.399. The summed E-state index contributed by atoms with van der Waals surface area (Å²) in [5, 5.41) is 12.6. The molecule has 0 saturated carbocycles. The molecule has 0 radical (unpaired) electrons. The Balaban J connectivity index is 2.42. The summed E-state index contributed by atoms with van der Waals surface area (Å²) < 4.78 is 7.14. The third-order valence-electron chi connectivity index (χ3n) is 3.45. The molecule has 1 N–H and O–H groups in total. The van der Waals surface area contributed by atoms with Crippen LogP contribution in [0.15, 0.2) is 44.9 Å². The molecule has 0 fully saturated rings. The maximum absolute atomic E-state index is 12.6. The van der Waals surface area contributed by atoms with Gasteiger partial charge >= 0.3 is 0 Å². The van der Waals surface area contributed by atoms with E-state index in [1.54, 1.807) is 18.2 Å². The van der Waals surface area contributed by atoms with E-state index in [4.69, 9.17) is 16.3 Å². The third-order valence-corrected chi connectivity index (χ3v) is 4.81. The van der Waals surface area contributed by atoms with Gasteiger partial charge in [-0.3, -0.25) is 4.79 Å². The summed E-state index contributed by atoms with van der Waals surface area (Å²) in [5.74, 6) is 0.0208. The van der Waals surface area contributed by atoms with Crippen LogP contribution in [0.5, 0.6) is 5.75 Å². The summed E-state index contributed by atoms with van der Waals surface area (Å²) in [6.07, 6.45) is 1.49. The first-order valence-corrected chi connectivity index (χ1v) is 9.63. The Kier molecular flexibility index (Phi) is 7.27. The second kappa shape index (κ2) is 9.22. The molecule has 26 heavy (non-hydrogen) atoms. The molecule has 0 aliphatic heterocycles. The highest BCUT2D eigenvalue weighted by Crippen LogP contribution is 2.34. The number of carbonyl (C=O) groups is 1. The van der Waals surface area contributed by atoms with Crippen molar-refractivity contribution in [2.45, 2.75) is 13.8 Å². The number of benzene rings is 2. The normalized spacial score (nSPS) is 11.0. The lowest BCUT2D eigenvalue weighted by atomic mass is 10.1. The minimum absolute atomic E-state index is 0.0599. The Labute approximate surface area is 174 Å². The highest BCUT2D eigenvalue weighted by atomic mass is 79.9. The topological polar surface area (TPSA) is 62.1 Å². The van der Waals surface area contributed by atoms with E-state index in [-0.39, 0.29) is 5.57 Å². The number of nitrogens with one attached hydrogen (secondary N) is 1. The van der Waals surface area contributed by atoms with Crippen LogP contribution in [0.4, 0.5) is 5.69 Å². The van der Waals surface area contributed by atoms with Gasteiger partial charge in [-0.25, -0.2) is 0 Å². The van der Waals surface area contributed by atoms with E-state index >= 15 is 0 Å². The third kappa shape index (κ3) is 4.88. The number of nitriles is 1. The Morgan fingerprint density at radius 3 is 2.73 bits per heavy atom. The Bertz CT molecular complexity index is 900. The fourth-order valence-corrected chi connectivity index (χ4v) is 3.90. The van der Waals surface area contributed by atoms with Crippen LogP contribution in [-0.4, -0.2) is 12.5 Å². The standard InChI is InChI=1S/C19H15Br2ClN2O2/c1-3-26-18-12(8-14(20)9-15(18)21)7-13(10-23)19(25)24-17-11(2)5-4-6-16(17)22/h4-9H,3H2,1-2H3,(H,24,25)/b13-7+. The number of anilines is 1. The lowest BCUT2D eigenvalue weighted by Gasteiger charge is -2.12. The fourth-order valence-electron chi connectivity index (χ4n) is 2.26. The van der Waals surface area contributed by atoms with Gasteiger partial charge < -0.3 is 10.1 Å². The smallest absolute Gasteiger partial charge is 0.266 e. The lowest BCUT2D eigenvalue weighted by Crippen LogP contribution is -2.14. The van der Waals surface area contributed by atoms with Gasteiger partial charge in [-0.15, -0.1) is 0 Å². The molecule has 0 aliphatic rings. The second-order valence-electron chi connectivity index (χ2n) is 5.29. The van der Waals surface area contributed by atoms with E-state index in [9.17, 15) is 10.1 Å². The van der Waals surface area contributed by atoms with Crippen molar-refractivity contribution in [3.63, 3.8) is 0 Å². The molecule has 1 amide bonds. The number of ether oxygens (including phenoxy) is 1. The minimum Gasteiger partial charge on any atom is -0.492 e. The summed E-state index contributed by atoms with van der Waals surface area (Å²) in [7, 11) is 0. The maximum Gasteiger partial charge on any atom is 0.266 e. The van der Waals surface area contributed by atoms with Gasteiger partial charge in [0.25, 0.3) is 5.91 Å². The molecule has 0 aromatic heterocycles. The van der Waals surface area contributed by atoms with Gasteiger partial charge in [-0.2, -0.15) is 5.26 Å². The number of aryl methyl sites for hydroxylation is 1. The Morgan fingerprint density at radius 2 is 2.12 bits per heavy atom. The Hall–Kier alpha value is -1.81. The van der Waals surface area contributed by atoms with Gasteiger partial charge in [0.1, 0.15) is 17.4 Å². The molecule has 0 aliphatic carbocycles. The van der Waals surface area contributed by atoms with Crippen LogP contribution in [0, 0.1) is 18.3 Å². The van der Waals surface area contributed by atoms with Crippen molar-refractivity contribution in [2.24, 2.45) is 0 Å². The van der Waals surface area contributed by atoms with E-state index < -0.39 is 5.91 Å². The second-order valence-corrected chi connectivity index (χ2v) is 7.47. The van der Waals surface area contributed by atoms with Crippen LogP contribution < -0.4 is 10.1 Å². The van der Waals surface area contributed by atoms with E-state index in [2.05, 4.69) is 37.2 Å². The zero-order valence-electron chi connectivity index (χ0n) is 14.1. The van der Waals surface area contributed by atoms with Crippen molar-refractivity contribution in [1.82, 2.24) is 0 Å². The van der Waals surface area contributed by atoms with Crippen molar-refractivity contribution in [3.05, 3.63) is 61.0 Å². The molecule has 0 unspecified atom stereocenters. The summed E-state index contributed by atoms with van der Waals surface area (Å²) >= 11 is 13.0. The van der Waals surface area contributed by atoms with Gasteiger partial charge in [-0.05, 0) is 59.6 Å². The van der Waals surface area contributed by atoms with E-state index in [1.165, 1.54) is 6.08 Å². The first-order chi connectivity index (χ1) is 12.4. The number of nitrogens with zero attached hydrogens (tertiary/aromatic N) is 1. The van der Waals surface area contributed by atoms with Crippen molar-refractivity contribution in [1.29, 1.82) is 5.26 Å². The first-order valence-electron chi connectivity index (χ1n) is 7.67. The average molecular weight is 499 g/mol. The zero-order valence-corrected chi connectivity index (χ0v) is 18.0. The van der Waals surface area contributed by atoms with Crippen LogP contribution in [0.3, 0.4) is 0 Å². The number of para-hydroxylation sites is 1. The lowest BCUT2D eigenvalue weighted by molar-refractivity contribution is -0.112. The first kappa shape index (κ1) is 20.5. The number of amides is 1. The predicted octanol–water partition coefficient (Wildman–Crippen LogP) is 6.12. The van der Waals surface area contributed by atoms with Gasteiger partial charge in [0.15, 0.2) is 0 Å². The molecule has 2 rings (SSSR count). The summed E-state index contributed by atoms with van der Waals surface area (Å²) in [5.41, 5.74) is 1.84. The van der Waals surface area contributed by atoms with Crippen LogP contribution in [0.2, 0.25) is 5.02 Å². The molecule has 134 valence electrons. The van der Waals surface area contributed by atoms with Gasteiger partial charge in [0.2, 0.25) is 0 Å². The highest BCUT2D eigenvalue weighted by molar-refractivity contribution is 9.11. The monoisotopic (exact) mass is 496 g/mol. The number of hydrogen-bond acceptors (Lipinski definition) is 3. The minimum atomic E-state index is -0.540. The van der Waals surface area contributed by atoms with Crippen LogP contribution in [-0.2, 0) is 4.79 Å². The largest absolute Gasteiger partial charge is 0.492 e. The Morgan fingerprint density at radius 1 is 1.38 bits per heavy atom. The molecule has 0 spiro atoms. The highest BCUT2D eigenvalue weighted by Gasteiger charge is 2.15. The SMILES string of the molecule is CCOc1c(Br)cc(Br)cc1/C=C(\C#N)C(=O)Nc1c(C)cccc1Cl. The van der Waals surface area contributed by atoms with Crippen molar-refractivity contribution < 1.29 is 9.53 Å². The molecular weight excluding hydrogens is 483 g/mol. The number of halogens is 3. The molecule has 7 heteroatoms. The molecule has 0 heterocycles. The van der Waals surface area contributed by atoms with Crippen LogP contribution in [0.25, 0.3) is 6.08 Å². The predicted molar refractivity (Wildman–Crippen MR) is 111 cm³/mol. The number of carbonyl (C=O) groups excluding carboxylic acids is 1. The molecule has 2 aromatic rings. The van der Waals surface area contributed by atoms with E-state index in [0.717, 1.165) is 14.5 Å². The van der Waals surface area contributed by atoms with Crippen molar-refractivity contribution >= 4 is 61.1 Å². The molecule has 0 atom stereocenters. The van der Waals surface area contributed by atoms with Gasteiger partial charge in [-0.1, -0.05) is 39.7 Å². The summed E-state index contributed by atoms with van der Waals surface area (Å²) in [4.78, 5) is 12.6. The molecular formula is C19H15Br2ClN2O2.